The molecule has 1 saturated heterocycles. The van der Waals surface area contributed by atoms with Gasteiger partial charge >= 0.3 is 0 Å². The van der Waals surface area contributed by atoms with Crippen LogP contribution in [0, 0.1) is 5.92 Å². The lowest BCUT2D eigenvalue weighted by atomic mass is 10.1. The van der Waals surface area contributed by atoms with Crippen molar-refractivity contribution in [1.29, 1.82) is 0 Å². The zero-order valence-corrected chi connectivity index (χ0v) is 15.9. The van der Waals surface area contributed by atoms with Crippen LogP contribution in [0.25, 0.3) is 5.69 Å². The Morgan fingerprint density at radius 2 is 2.11 bits per heavy atom. The van der Waals surface area contributed by atoms with E-state index in [0.717, 1.165) is 5.69 Å². The fourth-order valence-corrected chi connectivity index (χ4v) is 2.80. The second kappa shape index (κ2) is 10.3. The van der Waals surface area contributed by atoms with E-state index in [1.54, 1.807) is 18.0 Å². The second-order valence-electron chi connectivity index (χ2n) is 6.16. The number of carbonyl (C=O) groups excluding carboxylic acids is 1. The Bertz CT molecular complexity index is 725. The molecule has 0 saturated carbocycles. The van der Waals surface area contributed by atoms with Gasteiger partial charge in [0.15, 0.2) is 11.4 Å². The van der Waals surface area contributed by atoms with Gasteiger partial charge in [0.05, 0.1) is 24.6 Å². The number of carbonyl (C=O) groups is 1. The molecule has 1 amide bonds. The molecule has 148 valence electrons. The van der Waals surface area contributed by atoms with E-state index in [0.29, 0.717) is 38.6 Å². The van der Waals surface area contributed by atoms with Crippen LogP contribution in [-0.4, -0.2) is 66.9 Å². The number of ether oxygens (including phenoxy) is 2. The topological polar surface area (TPSA) is 97.6 Å². The van der Waals surface area contributed by atoms with Crippen molar-refractivity contribution in [2.75, 3.05) is 40.0 Å². The minimum Gasteiger partial charge on any atom is -0.487 e. The van der Waals surface area contributed by atoms with Gasteiger partial charge in [-0.15, -0.1) is 12.4 Å². The maximum atomic E-state index is 12.6. The summed E-state index contributed by atoms with van der Waals surface area (Å²) in [5, 5.41) is 20.2. The summed E-state index contributed by atoms with van der Waals surface area (Å²) in [6, 6.07) is 9.51. The Hall–Kier alpha value is -2.13. The number of β-amino-alcohol motifs (C(OH)–C–C–N with tert-alkyl or cyclic N) is 1. The lowest BCUT2D eigenvalue weighted by molar-refractivity contribution is 0.0914. The molecule has 8 nitrogen and oxygen atoms in total. The van der Waals surface area contributed by atoms with E-state index in [1.807, 2.05) is 30.3 Å². The van der Waals surface area contributed by atoms with Gasteiger partial charge in [-0.1, -0.05) is 18.2 Å². The first-order chi connectivity index (χ1) is 12.7. The number of aliphatic hydroxyl groups is 1. The van der Waals surface area contributed by atoms with Crippen molar-refractivity contribution in [1.82, 2.24) is 20.4 Å². The summed E-state index contributed by atoms with van der Waals surface area (Å²) in [5.41, 5.74) is 1.05. The van der Waals surface area contributed by atoms with E-state index in [9.17, 15) is 9.90 Å². The third-order valence-electron chi connectivity index (χ3n) is 4.29. The number of para-hydroxylation sites is 1. The summed E-state index contributed by atoms with van der Waals surface area (Å²) >= 11 is 0. The summed E-state index contributed by atoms with van der Waals surface area (Å²) in [6.45, 7) is 2.34. The first kappa shape index (κ1) is 21.2. The number of nitrogens with one attached hydrogen (secondary N) is 2. The third-order valence-corrected chi connectivity index (χ3v) is 4.29. The number of aliphatic hydroxyl groups excluding tert-OH is 1. The van der Waals surface area contributed by atoms with Gasteiger partial charge in [-0.2, -0.15) is 5.10 Å². The molecule has 9 heteroatoms. The SMILES string of the molecule is COCCOc1cn(-c2ccccc2)nc1C(=O)NCC1CNCC1O.Cl. The standard InChI is InChI=1S/C18H24N4O4.ClH/c1-25-7-8-26-16-12-22(14-5-3-2-4-6-14)21-17(16)18(24)20-10-13-9-19-11-15(13)23;/h2-6,12-13,15,19,23H,7-11H2,1H3,(H,20,24);1H. The molecule has 3 rings (SSSR count). The van der Waals surface area contributed by atoms with Crippen molar-refractivity contribution in [3.8, 4) is 11.4 Å². The molecule has 2 unspecified atom stereocenters. The zero-order chi connectivity index (χ0) is 18.4. The summed E-state index contributed by atoms with van der Waals surface area (Å²) < 4.78 is 12.3. The summed E-state index contributed by atoms with van der Waals surface area (Å²) in [7, 11) is 1.59. The second-order valence-corrected chi connectivity index (χ2v) is 6.16. The van der Waals surface area contributed by atoms with Gasteiger partial charge in [0.25, 0.3) is 5.91 Å². The number of hydrogen-bond acceptors (Lipinski definition) is 6. The van der Waals surface area contributed by atoms with E-state index in [1.165, 1.54) is 0 Å². The Balaban J connectivity index is 0.00000261. The molecule has 3 N–H and O–H groups in total. The molecule has 2 aromatic rings. The van der Waals surface area contributed by atoms with Crippen LogP contribution in [0.2, 0.25) is 0 Å². The van der Waals surface area contributed by atoms with Crippen LogP contribution in [0.4, 0.5) is 0 Å². The first-order valence-corrected chi connectivity index (χ1v) is 8.63. The van der Waals surface area contributed by atoms with Crippen LogP contribution < -0.4 is 15.4 Å². The molecule has 1 aromatic carbocycles. The molecule has 1 aliphatic rings. The number of nitrogens with zero attached hydrogens (tertiary/aromatic N) is 2. The molecule has 2 atom stereocenters. The van der Waals surface area contributed by atoms with Crippen LogP contribution in [0.15, 0.2) is 36.5 Å². The average Bonchev–Trinajstić information content (AvgIpc) is 3.27. The van der Waals surface area contributed by atoms with Gasteiger partial charge in [0.2, 0.25) is 0 Å². The van der Waals surface area contributed by atoms with E-state index in [-0.39, 0.29) is 29.9 Å². The third kappa shape index (κ3) is 5.43. The van der Waals surface area contributed by atoms with E-state index < -0.39 is 6.10 Å². The van der Waals surface area contributed by atoms with Gasteiger partial charge in [-0.05, 0) is 12.1 Å². The molecule has 0 aliphatic carbocycles. The molecule has 27 heavy (non-hydrogen) atoms. The maximum Gasteiger partial charge on any atom is 0.275 e. The van der Waals surface area contributed by atoms with E-state index in [4.69, 9.17) is 9.47 Å². The summed E-state index contributed by atoms with van der Waals surface area (Å²) in [6.07, 6.45) is 1.24. The molecule has 0 radical (unpaired) electrons. The Morgan fingerprint density at radius 1 is 1.33 bits per heavy atom. The van der Waals surface area contributed by atoms with Gasteiger partial charge in [-0.25, -0.2) is 4.68 Å². The van der Waals surface area contributed by atoms with Crippen LogP contribution in [-0.2, 0) is 4.74 Å². The summed E-state index contributed by atoms with van der Waals surface area (Å²) in [5.74, 6) is 0.0627. The van der Waals surface area contributed by atoms with E-state index >= 15 is 0 Å². The highest BCUT2D eigenvalue weighted by Gasteiger charge is 2.26. The van der Waals surface area contributed by atoms with Crippen molar-refractivity contribution in [3.05, 3.63) is 42.2 Å². The average molecular weight is 397 g/mol. The molecule has 1 aromatic heterocycles. The number of rotatable bonds is 8. The molecular formula is C18H25ClN4O4. The highest BCUT2D eigenvalue weighted by molar-refractivity contribution is 5.95. The Kier molecular flexibility index (Phi) is 8.05. The fourth-order valence-electron chi connectivity index (χ4n) is 2.80. The number of benzene rings is 1. The Labute approximate surface area is 164 Å². The number of aromatic nitrogens is 2. The number of amides is 1. The van der Waals surface area contributed by atoms with Gasteiger partial charge in [0.1, 0.15) is 6.61 Å². The van der Waals surface area contributed by atoms with Crippen molar-refractivity contribution in [3.63, 3.8) is 0 Å². The number of halogens is 1. The normalized spacial score (nSPS) is 18.7. The predicted octanol–water partition coefficient (Wildman–Crippen LogP) is 0.629. The van der Waals surface area contributed by atoms with Crippen LogP contribution in [0.1, 0.15) is 10.5 Å². The largest absolute Gasteiger partial charge is 0.487 e. The lowest BCUT2D eigenvalue weighted by Gasteiger charge is -2.13. The highest BCUT2D eigenvalue weighted by Crippen LogP contribution is 2.20. The van der Waals surface area contributed by atoms with Gasteiger partial charge < -0.3 is 25.2 Å². The smallest absolute Gasteiger partial charge is 0.275 e. The van der Waals surface area contributed by atoms with Gasteiger partial charge in [-0.3, -0.25) is 4.79 Å². The van der Waals surface area contributed by atoms with Crippen molar-refractivity contribution < 1.29 is 19.4 Å². The highest BCUT2D eigenvalue weighted by atomic mass is 35.5. The van der Waals surface area contributed by atoms with Crippen molar-refractivity contribution >= 4 is 18.3 Å². The molecule has 2 heterocycles. The van der Waals surface area contributed by atoms with E-state index in [2.05, 4.69) is 15.7 Å². The lowest BCUT2D eigenvalue weighted by Crippen LogP contribution is -2.34. The monoisotopic (exact) mass is 396 g/mol. The van der Waals surface area contributed by atoms with Gasteiger partial charge in [0, 0.05) is 32.7 Å². The van der Waals surface area contributed by atoms with Crippen molar-refractivity contribution in [2.24, 2.45) is 5.92 Å². The number of hydrogen-bond donors (Lipinski definition) is 3. The first-order valence-electron chi connectivity index (χ1n) is 8.63. The molecule has 0 spiro atoms. The minimum atomic E-state index is -0.449. The quantitative estimate of drug-likeness (QED) is 0.566. The van der Waals surface area contributed by atoms with Crippen LogP contribution in [0.3, 0.4) is 0 Å². The summed E-state index contributed by atoms with van der Waals surface area (Å²) in [4.78, 5) is 12.6. The molecule has 0 bridgehead atoms. The number of methoxy groups -OCH3 is 1. The zero-order valence-electron chi connectivity index (χ0n) is 15.1. The van der Waals surface area contributed by atoms with Crippen LogP contribution >= 0.6 is 12.4 Å². The fraction of sp³-hybridized carbons (Fsp3) is 0.444. The molecular weight excluding hydrogens is 372 g/mol. The predicted molar refractivity (Wildman–Crippen MR) is 103 cm³/mol. The minimum absolute atomic E-state index is 0. The molecule has 1 fully saturated rings. The maximum absolute atomic E-state index is 12.6. The Morgan fingerprint density at radius 3 is 2.78 bits per heavy atom. The van der Waals surface area contributed by atoms with Crippen molar-refractivity contribution in [2.45, 2.75) is 6.10 Å². The molecule has 1 aliphatic heterocycles. The van der Waals surface area contributed by atoms with Crippen LogP contribution in [0.5, 0.6) is 5.75 Å².